The Morgan fingerprint density at radius 3 is 2.57 bits per heavy atom. The van der Waals surface area contributed by atoms with Gasteiger partial charge in [-0.05, 0) is 80.4 Å². The number of rotatable bonds is 3. The van der Waals surface area contributed by atoms with Gasteiger partial charge < -0.3 is 9.55 Å². The Morgan fingerprint density at radius 2 is 1.86 bits per heavy atom. The van der Waals surface area contributed by atoms with Crippen LogP contribution in [-0.2, 0) is 0 Å². The average Bonchev–Trinajstić information content (AvgIpc) is 3.20. The highest BCUT2D eigenvalue weighted by Gasteiger charge is 2.13. The molecule has 0 saturated heterocycles. The predicted octanol–water partition coefficient (Wildman–Crippen LogP) is 6.11. The van der Waals surface area contributed by atoms with Gasteiger partial charge in [0, 0.05) is 21.5 Å². The predicted molar refractivity (Wildman–Crippen MR) is 117 cm³/mol. The fraction of sp³-hybridized carbons (Fsp3) is 0.130. The number of aromatic amines is 1. The molecule has 138 valence electrons. The smallest absolute Gasteiger partial charge is 0.149 e. The largest absolute Gasteiger partial charge is 0.337 e. The molecule has 0 amide bonds. The van der Waals surface area contributed by atoms with Crippen molar-refractivity contribution in [3.63, 3.8) is 0 Å². The summed E-state index contributed by atoms with van der Waals surface area (Å²) in [5.41, 5.74) is 7.78. The van der Waals surface area contributed by atoms with Crippen molar-refractivity contribution in [2.75, 3.05) is 0 Å². The lowest BCUT2D eigenvalue weighted by atomic mass is 10.1. The maximum atomic E-state index is 9.74. The molecule has 0 spiro atoms. The SMILES string of the molecule is Cc1ccc2nc(C(C#N)=Cc3cc(C)n(-c4ccc(Br)cc4)c3C)[nH]c2c1. The van der Waals surface area contributed by atoms with Crippen molar-refractivity contribution >= 4 is 38.6 Å². The number of aryl methyl sites for hydroxylation is 2. The van der Waals surface area contributed by atoms with Gasteiger partial charge in [-0.2, -0.15) is 5.26 Å². The number of benzene rings is 2. The van der Waals surface area contributed by atoms with Gasteiger partial charge in [0.25, 0.3) is 0 Å². The van der Waals surface area contributed by atoms with Gasteiger partial charge in [0.05, 0.1) is 16.6 Å². The summed E-state index contributed by atoms with van der Waals surface area (Å²) < 4.78 is 3.24. The molecular formula is C23H19BrN4. The first kappa shape index (κ1) is 18.3. The van der Waals surface area contributed by atoms with E-state index in [-0.39, 0.29) is 0 Å². The Balaban J connectivity index is 1.79. The topological polar surface area (TPSA) is 57.4 Å². The van der Waals surface area contributed by atoms with E-state index in [1.54, 1.807) is 0 Å². The zero-order valence-corrected chi connectivity index (χ0v) is 17.5. The van der Waals surface area contributed by atoms with Crippen molar-refractivity contribution in [2.24, 2.45) is 0 Å². The fourth-order valence-electron chi connectivity index (χ4n) is 3.48. The van der Waals surface area contributed by atoms with Crippen molar-refractivity contribution in [2.45, 2.75) is 20.8 Å². The Bertz CT molecular complexity index is 1250. The first-order valence-corrected chi connectivity index (χ1v) is 9.79. The summed E-state index contributed by atoms with van der Waals surface area (Å²) in [6.45, 7) is 6.18. The first-order chi connectivity index (χ1) is 13.5. The van der Waals surface area contributed by atoms with Crippen LogP contribution in [0.1, 0.15) is 28.3 Å². The summed E-state index contributed by atoms with van der Waals surface area (Å²) in [5.74, 6) is 0.594. The second-order valence-electron chi connectivity index (χ2n) is 6.91. The lowest BCUT2D eigenvalue weighted by Crippen LogP contribution is -1.98. The monoisotopic (exact) mass is 430 g/mol. The summed E-state index contributed by atoms with van der Waals surface area (Å²) in [5, 5.41) is 9.74. The molecule has 2 aromatic heterocycles. The Hall–Kier alpha value is -3.10. The van der Waals surface area contributed by atoms with Crippen LogP contribution in [0.15, 0.2) is 53.0 Å². The third-order valence-electron chi connectivity index (χ3n) is 4.87. The molecule has 0 radical (unpaired) electrons. The molecule has 0 saturated carbocycles. The number of fused-ring (bicyclic) bond motifs is 1. The standard InChI is InChI=1S/C23H19BrN4/c1-14-4-9-21-22(10-14)27-23(26-21)18(13-25)12-17-11-15(2)28(16(17)3)20-7-5-19(24)6-8-20/h4-12H,1-3H3,(H,26,27). The van der Waals surface area contributed by atoms with E-state index >= 15 is 0 Å². The minimum atomic E-state index is 0.518. The molecule has 0 fully saturated rings. The minimum absolute atomic E-state index is 0.518. The molecular weight excluding hydrogens is 412 g/mol. The number of nitriles is 1. The molecule has 0 bridgehead atoms. The van der Waals surface area contributed by atoms with E-state index in [0.29, 0.717) is 11.4 Å². The van der Waals surface area contributed by atoms with E-state index in [2.05, 4.69) is 68.6 Å². The zero-order valence-electron chi connectivity index (χ0n) is 15.9. The molecule has 0 atom stereocenters. The van der Waals surface area contributed by atoms with Gasteiger partial charge in [-0.3, -0.25) is 0 Å². The third-order valence-corrected chi connectivity index (χ3v) is 5.40. The van der Waals surface area contributed by atoms with Crippen molar-refractivity contribution in [3.05, 3.63) is 81.3 Å². The molecule has 0 unspecified atom stereocenters. The van der Waals surface area contributed by atoms with Crippen molar-refractivity contribution in [1.82, 2.24) is 14.5 Å². The van der Waals surface area contributed by atoms with Crippen LogP contribution in [0.2, 0.25) is 0 Å². The molecule has 2 heterocycles. The number of imidazole rings is 1. The van der Waals surface area contributed by atoms with Crippen LogP contribution in [0.3, 0.4) is 0 Å². The van der Waals surface area contributed by atoms with Gasteiger partial charge in [-0.25, -0.2) is 4.98 Å². The number of aromatic nitrogens is 3. The van der Waals surface area contributed by atoms with Crippen molar-refractivity contribution in [1.29, 1.82) is 5.26 Å². The number of allylic oxidation sites excluding steroid dienone is 1. The van der Waals surface area contributed by atoms with E-state index in [0.717, 1.165) is 43.7 Å². The number of nitrogens with zero attached hydrogens (tertiary/aromatic N) is 3. The number of H-pyrrole nitrogens is 1. The highest BCUT2D eigenvalue weighted by molar-refractivity contribution is 9.10. The summed E-state index contributed by atoms with van der Waals surface area (Å²) in [4.78, 5) is 7.86. The molecule has 2 aromatic carbocycles. The maximum absolute atomic E-state index is 9.74. The van der Waals surface area contributed by atoms with Crippen LogP contribution in [0.25, 0.3) is 28.4 Å². The van der Waals surface area contributed by atoms with Gasteiger partial charge in [0.1, 0.15) is 11.9 Å². The van der Waals surface area contributed by atoms with E-state index in [4.69, 9.17) is 0 Å². The lowest BCUT2D eigenvalue weighted by molar-refractivity contribution is 0.964. The van der Waals surface area contributed by atoms with E-state index < -0.39 is 0 Å². The highest BCUT2D eigenvalue weighted by atomic mass is 79.9. The van der Waals surface area contributed by atoms with Crippen molar-refractivity contribution < 1.29 is 0 Å². The molecule has 28 heavy (non-hydrogen) atoms. The molecule has 0 aliphatic carbocycles. The molecule has 1 N–H and O–H groups in total. The third kappa shape index (κ3) is 3.28. The van der Waals surface area contributed by atoms with Crippen molar-refractivity contribution in [3.8, 4) is 11.8 Å². The van der Waals surface area contributed by atoms with E-state index in [9.17, 15) is 5.26 Å². The van der Waals surface area contributed by atoms with Crippen LogP contribution >= 0.6 is 15.9 Å². The lowest BCUT2D eigenvalue weighted by Gasteiger charge is -2.09. The molecule has 0 aliphatic rings. The highest BCUT2D eigenvalue weighted by Crippen LogP contribution is 2.26. The van der Waals surface area contributed by atoms with Crippen LogP contribution in [0.5, 0.6) is 0 Å². The number of halogens is 1. The average molecular weight is 431 g/mol. The maximum Gasteiger partial charge on any atom is 0.149 e. The summed E-state index contributed by atoms with van der Waals surface area (Å²) in [6, 6.07) is 18.6. The van der Waals surface area contributed by atoms with Crippen LogP contribution < -0.4 is 0 Å². The quantitative estimate of drug-likeness (QED) is 0.398. The van der Waals surface area contributed by atoms with Gasteiger partial charge >= 0.3 is 0 Å². The Labute approximate surface area is 172 Å². The molecule has 4 rings (SSSR count). The molecule has 0 aliphatic heterocycles. The van der Waals surface area contributed by atoms with Gasteiger partial charge in [-0.1, -0.05) is 22.0 Å². The second kappa shape index (κ2) is 7.14. The Kier molecular flexibility index (Phi) is 4.66. The fourth-order valence-corrected chi connectivity index (χ4v) is 3.75. The number of hydrogen-bond acceptors (Lipinski definition) is 2. The summed E-state index contributed by atoms with van der Waals surface area (Å²) >= 11 is 3.48. The van der Waals surface area contributed by atoms with Crippen LogP contribution in [0, 0.1) is 32.1 Å². The second-order valence-corrected chi connectivity index (χ2v) is 7.83. The number of hydrogen-bond donors (Lipinski definition) is 1. The van der Waals surface area contributed by atoms with Crippen LogP contribution in [-0.4, -0.2) is 14.5 Å². The molecule has 5 heteroatoms. The van der Waals surface area contributed by atoms with Gasteiger partial charge in [-0.15, -0.1) is 0 Å². The summed E-state index contributed by atoms with van der Waals surface area (Å²) in [7, 11) is 0. The van der Waals surface area contributed by atoms with Gasteiger partial charge in [0.15, 0.2) is 0 Å². The normalized spacial score (nSPS) is 11.8. The number of nitrogens with one attached hydrogen (secondary N) is 1. The minimum Gasteiger partial charge on any atom is -0.337 e. The van der Waals surface area contributed by atoms with Crippen LogP contribution in [0.4, 0.5) is 0 Å². The van der Waals surface area contributed by atoms with E-state index in [1.807, 2.05) is 43.3 Å². The van der Waals surface area contributed by atoms with E-state index in [1.165, 1.54) is 0 Å². The van der Waals surface area contributed by atoms with Gasteiger partial charge in [0.2, 0.25) is 0 Å². The molecule has 4 aromatic rings. The zero-order chi connectivity index (χ0) is 19.8. The summed E-state index contributed by atoms with van der Waals surface area (Å²) in [6.07, 6.45) is 1.91. The molecule has 4 nitrogen and oxygen atoms in total. The first-order valence-electron chi connectivity index (χ1n) is 8.99. The Morgan fingerprint density at radius 1 is 1.11 bits per heavy atom.